The Morgan fingerprint density at radius 1 is 1.17 bits per heavy atom. The highest BCUT2D eigenvalue weighted by molar-refractivity contribution is 6.20. The lowest BCUT2D eigenvalue weighted by Crippen LogP contribution is -2.12. The number of aromatic nitrogens is 2. The van der Waals surface area contributed by atoms with E-state index in [0.717, 1.165) is 19.4 Å². The van der Waals surface area contributed by atoms with Crippen LogP contribution in [0.1, 0.15) is 69.8 Å². The molecule has 0 aliphatic carbocycles. The molecule has 0 aliphatic heterocycles. The summed E-state index contributed by atoms with van der Waals surface area (Å²) in [6.07, 6.45) is 4.48. The molecule has 0 aliphatic rings. The van der Waals surface area contributed by atoms with Crippen molar-refractivity contribution in [3.63, 3.8) is 0 Å². The van der Waals surface area contributed by atoms with Gasteiger partial charge in [0.25, 0.3) is 0 Å². The lowest BCUT2D eigenvalue weighted by molar-refractivity contribution is 0.410. The highest BCUT2D eigenvalue weighted by Gasteiger charge is 2.19. The molecule has 1 rings (SSSR count). The van der Waals surface area contributed by atoms with E-state index in [-0.39, 0.29) is 5.38 Å². The maximum Gasteiger partial charge on any atom is 0.0671 e. The molecule has 104 valence electrons. The largest absolute Gasteiger partial charge is 0.269 e. The third-order valence-electron chi connectivity index (χ3n) is 3.51. The Morgan fingerprint density at radius 3 is 2.28 bits per heavy atom. The first-order valence-electron chi connectivity index (χ1n) is 7.27. The van der Waals surface area contributed by atoms with E-state index in [1.165, 1.54) is 29.8 Å². The molecule has 1 aromatic rings. The van der Waals surface area contributed by atoms with Gasteiger partial charge in [-0.3, -0.25) is 4.68 Å². The molecule has 0 fully saturated rings. The average molecular weight is 271 g/mol. The summed E-state index contributed by atoms with van der Waals surface area (Å²) in [6.45, 7) is 12.0. The second kappa shape index (κ2) is 7.18. The van der Waals surface area contributed by atoms with Gasteiger partial charge in [-0.25, -0.2) is 0 Å². The van der Waals surface area contributed by atoms with Crippen LogP contribution in [0, 0.1) is 5.92 Å². The number of hydrogen-bond acceptors (Lipinski definition) is 1. The van der Waals surface area contributed by atoms with Gasteiger partial charge in [0.15, 0.2) is 0 Å². The molecule has 0 saturated heterocycles. The minimum Gasteiger partial charge on any atom is -0.269 e. The first-order chi connectivity index (χ1) is 8.54. The van der Waals surface area contributed by atoms with Crippen LogP contribution in [0.2, 0.25) is 0 Å². The van der Waals surface area contributed by atoms with E-state index in [4.69, 9.17) is 16.7 Å². The van der Waals surface area contributed by atoms with Gasteiger partial charge in [-0.15, -0.1) is 11.6 Å². The summed E-state index contributed by atoms with van der Waals surface area (Å²) in [4.78, 5) is 0. The molecule has 0 aromatic carbocycles. The van der Waals surface area contributed by atoms with Crippen molar-refractivity contribution in [1.82, 2.24) is 9.78 Å². The topological polar surface area (TPSA) is 17.8 Å². The van der Waals surface area contributed by atoms with Crippen LogP contribution in [0.5, 0.6) is 0 Å². The molecule has 1 heterocycles. The van der Waals surface area contributed by atoms with Crippen molar-refractivity contribution in [1.29, 1.82) is 0 Å². The van der Waals surface area contributed by atoms with Gasteiger partial charge in [-0.2, -0.15) is 5.10 Å². The quantitative estimate of drug-likeness (QED) is 0.654. The fourth-order valence-corrected chi connectivity index (χ4v) is 2.94. The molecule has 2 nitrogen and oxygen atoms in total. The standard InChI is InChI=1S/C15H27ClN2/c1-6-9-11(4)10-18-14(8-3)15(12(5)16)13(7-2)17-18/h11-12H,6-10H2,1-5H3. The SMILES string of the molecule is CCCC(C)Cn1nc(CC)c(C(C)Cl)c1CC. The van der Waals surface area contributed by atoms with E-state index in [9.17, 15) is 0 Å². The second-order valence-electron chi connectivity index (χ2n) is 5.21. The van der Waals surface area contributed by atoms with Crippen molar-refractivity contribution in [2.24, 2.45) is 5.92 Å². The van der Waals surface area contributed by atoms with Gasteiger partial charge in [0, 0.05) is 17.8 Å². The van der Waals surface area contributed by atoms with Crippen LogP contribution in [-0.4, -0.2) is 9.78 Å². The number of rotatable bonds is 7. The summed E-state index contributed by atoms with van der Waals surface area (Å²) >= 11 is 6.33. The van der Waals surface area contributed by atoms with Crippen LogP contribution in [-0.2, 0) is 19.4 Å². The fraction of sp³-hybridized carbons (Fsp3) is 0.800. The number of hydrogen-bond donors (Lipinski definition) is 0. The molecule has 1 aromatic heterocycles. The Hall–Kier alpha value is -0.500. The Kier molecular flexibility index (Phi) is 6.20. The zero-order chi connectivity index (χ0) is 13.7. The van der Waals surface area contributed by atoms with Gasteiger partial charge in [-0.1, -0.05) is 34.1 Å². The molecule has 2 atom stereocenters. The van der Waals surface area contributed by atoms with Crippen LogP contribution < -0.4 is 0 Å². The van der Waals surface area contributed by atoms with Crippen molar-refractivity contribution in [3.8, 4) is 0 Å². The van der Waals surface area contributed by atoms with Gasteiger partial charge in [0.2, 0.25) is 0 Å². The Balaban J connectivity index is 3.04. The predicted molar refractivity (Wildman–Crippen MR) is 79.3 cm³/mol. The molecule has 0 radical (unpaired) electrons. The molecule has 0 bridgehead atoms. The molecular formula is C15H27ClN2. The van der Waals surface area contributed by atoms with E-state index in [0.29, 0.717) is 5.92 Å². The van der Waals surface area contributed by atoms with Gasteiger partial charge in [-0.05, 0) is 32.1 Å². The van der Waals surface area contributed by atoms with E-state index in [1.807, 2.05) is 0 Å². The number of nitrogens with zero attached hydrogens (tertiary/aromatic N) is 2. The second-order valence-corrected chi connectivity index (χ2v) is 5.86. The predicted octanol–water partition coefficient (Wildman–Crippen LogP) is 4.74. The third-order valence-corrected chi connectivity index (χ3v) is 3.73. The summed E-state index contributed by atoms with van der Waals surface area (Å²) in [6, 6.07) is 0. The summed E-state index contributed by atoms with van der Waals surface area (Å²) < 4.78 is 2.20. The number of halogens is 1. The van der Waals surface area contributed by atoms with Crippen molar-refractivity contribution >= 4 is 11.6 Å². The first-order valence-corrected chi connectivity index (χ1v) is 7.71. The van der Waals surface area contributed by atoms with Gasteiger partial charge in [0.1, 0.15) is 0 Å². The average Bonchev–Trinajstić information content (AvgIpc) is 2.66. The van der Waals surface area contributed by atoms with Crippen LogP contribution in [0.25, 0.3) is 0 Å². The fourth-order valence-electron chi connectivity index (χ4n) is 2.69. The van der Waals surface area contributed by atoms with E-state index >= 15 is 0 Å². The van der Waals surface area contributed by atoms with Gasteiger partial charge in [0.05, 0.1) is 11.1 Å². The molecule has 0 amide bonds. The van der Waals surface area contributed by atoms with Crippen LogP contribution >= 0.6 is 11.6 Å². The van der Waals surface area contributed by atoms with E-state index in [2.05, 4.69) is 39.3 Å². The zero-order valence-electron chi connectivity index (χ0n) is 12.5. The summed E-state index contributed by atoms with van der Waals surface area (Å²) in [5.74, 6) is 0.684. The van der Waals surface area contributed by atoms with Crippen molar-refractivity contribution in [3.05, 3.63) is 17.0 Å². The molecule has 2 unspecified atom stereocenters. The van der Waals surface area contributed by atoms with Crippen LogP contribution in [0.4, 0.5) is 0 Å². The number of alkyl halides is 1. The van der Waals surface area contributed by atoms with E-state index in [1.54, 1.807) is 0 Å². The maximum atomic E-state index is 6.33. The Bertz CT molecular complexity index is 369. The lowest BCUT2D eigenvalue weighted by Gasteiger charge is -2.13. The Labute approximate surface area is 117 Å². The monoisotopic (exact) mass is 270 g/mol. The summed E-state index contributed by atoms with van der Waals surface area (Å²) in [5.41, 5.74) is 3.78. The van der Waals surface area contributed by atoms with Crippen molar-refractivity contribution < 1.29 is 0 Å². The number of aryl methyl sites for hydroxylation is 1. The highest BCUT2D eigenvalue weighted by atomic mass is 35.5. The Morgan fingerprint density at radius 2 is 1.83 bits per heavy atom. The molecule has 18 heavy (non-hydrogen) atoms. The minimum atomic E-state index is 0.0603. The van der Waals surface area contributed by atoms with Crippen LogP contribution in [0.15, 0.2) is 0 Å². The maximum absolute atomic E-state index is 6.33. The lowest BCUT2D eigenvalue weighted by atomic mass is 10.0. The minimum absolute atomic E-state index is 0.0603. The first kappa shape index (κ1) is 15.6. The molecule has 0 saturated carbocycles. The highest BCUT2D eigenvalue weighted by Crippen LogP contribution is 2.28. The molecule has 0 N–H and O–H groups in total. The summed E-state index contributed by atoms with van der Waals surface area (Å²) in [5, 5.41) is 4.84. The summed E-state index contributed by atoms with van der Waals surface area (Å²) in [7, 11) is 0. The third kappa shape index (κ3) is 3.50. The van der Waals surface area contributed by atoms with Crippen LogP contribution in [0.3, 0.4) is 0 Å². The smallest absolute Gasteiger partial charge is 0.0671 e. The van der Waals surface area contributed by atoms with Gasteiger partial charge >= 0.3 is 0 Å². The van der Waals surface area contributed by atoms with Crippen molar-refractivity contribution in [2.45, 2.75) is 72.2 Å². The van der Waals surface area contributed by atoms with Crippen molar-refractivity contribution in [2.75, 3.05) is 0 Å². The molecular weight excluding hydrogens is 244 g/mol. The van der Waals surface area contributed by atoms with E-state index < -0.39 is 0 Å². The normalized spacial score (nSPS) is 14.8. The van der Waals surface area contributed by atoms with Gasteiger partial charge < -0.3 is 0 Å². The molecule has 0 spiro atoms. The zero-order valence-corrected chi connectivity index (χ0v) is 13.2. The molecule has 3 heteroatoms.